The van der Waals surface area contributed by atoms with Gasteiger partial charge >= 0.3 is 0 Å². The molecular formula is C35H54N8O14. The van der Waals surface area contributed by atoms with Crippen molar-refractivity contribution >= 4 is 35.4 Å². The van der Waals surface area contributed by atoms with E-state index in [4.69, 9.17) is 11.5 Å². The number of rotatable bonds is 7. The van der Waals surface area contributed by atoms with Crippen LogP contribution in [0.1, 0.15) is 51.2 Å². The molecule has 3 aliphatic rings. The van der Waals surface area contributed by atoms with Crippen LogP contribution in [0.4, 0.5) is 0 Å². The molecule has 3 saturated heterocycles. The van der Waals surface area contributed by atoms with E-state index < -0.39 is 140 Å². The number of aliphatic hydroxyl groups is 7. The Bertz CT molecular complexity index is 1620. The van der Waals surface area contributed by atoms with Gasteiger partial charge in [-0.15, -0.1) is 0 Å². The molecule has 3 heterocycles. The van der Waals surface area contributed by atoms with Crippen LogP contribution >= 0.6 is 0 Å². The van der Waals surface area contributed by atoms with E-state index in [2.05, 4.69) is 21.3 Å². The number of aliphatic hydroxyl groups excluding tert-OH is 7. The minimum Gasteiger partial charge on any atom is -0.508 e. The Morgan fingerprint density at radius 1 is 0.772 bits per heavy atom. The van der Waals surface area contributed by atoms with E-state index in [-0.39, 0.29) is 37.2 Å². The number of nitrogens with one attached hydrogen (secondary N) is 4. The molecule has 16 N–H and O–H groups in total. The Balaban J connectivity index is 1.81. The molecule has 57 heavy (non-hydrogen) atoms. The van der Waals surface area contributed by atoms with E-state index in [1.165, 1.54) is 31.2 Å². The van der Waals surface area contributed by atoms with Crippen molar-refractivity contribution in [2.75, 3.05) is 19.6 Å². The second kappa shape index (κ2) is 19.3. The minimum atomic E-state index is -2.23. The van der Waals surface area contributed by atoms with Gasteiger partial charge in [-0.2, -0.15) is 0 Å². The van der Waals surface area contributed by atoms with E-state index in [0.717, 1.165) is 16.7 Å². The molecule has 0 spiro atoms. The fourth-order valence-corrected chi connectivity index (χ4v) is 7.14. The molecule has 0 saturated carbocycles. The Morgan fingerprint density at radius 3 is 1.98 bits per heavy atom. The van der Waals surface area contributed by atoms with Crippen LogP contribution in [0.5, 0.6) is 5.75 Å². The van der Waals surface area contributed by atoms with Gasteiger partial charge in [-0.25, -0.2) is 0 Å². The topological polar surface area (TPSA) is 371 Å². The van der Waals surface area contributed by atoms with Crippen LogP contribution in [-0.4, -0.2) is 185 Å². The number of carbonyl (C=O) groups excluding carboxylic acids is 6. The van der Waals surface area contributed by atoms with Crippen molar-refractivity contribution in [1.82, 2.24) is 31.1 Å². The number of hydrogen-bond donors (Lipinski definition) is 14. The van der Waals surface area contributed by atoms with Crippen LogP contribution in [0.2, 0.25) is 0 Å². The number of phenolic OH excluding ortho intramolecular Hbond substituents is 1. The van der Waals surface area contributed by atoms with Crippen molar-refractivity contribution in [2.24, 2.45) is 11.5 Å². The van der Waals surface area contributed by atoms with Gasteiger partial charge < -0.3 is 83.4 Å². The Morgan fingerprint density at radius 2 is 1.37 bits per heavy atom. The summed E-state index contributed by atoms with van der Waals surface area (Å²) in [5, 5.41) is 95.7. The van der Waals surface area contributed by atoms with Crippen molar-refractivity contribution in [3.8, 4) is 5.75 Å². The van der Waals surface area contributed by atoms with Crippen LogP contribution in [0.3, 0.4) is 0 Å². The Labute approximate surface area is 327 Å². The summed E-state index contributed by atoms with van der Waals surface area (Å²) in [6.07, 6.45) is -13.2. The van der Waals surface area contributed by atoms with Crippen molar-refractivity contribution in [1.29, 1.82) is 0 Å². The molecule has 0 aromatic heterocycles. The lowest BCUT2D eigenvalue weighted by Crippen LogP contribution is -2.64. The van der Waals surface area contributed by atoms with E-state index >= 15 is 0 Å². The second-order valence-electron chi connectivity index (χ2n) is 14.8. The van der Waals surface area contributed by atoms with Gasteiger partial charge in [0.2, 0.25) is 35.4 Å². The first kappa shape index (κ1) is 45.2. The molecule has 1 aromatic carbocycles. The Hall–Kier alpha value is -4.52. The molecule has 22 heteroatoms. The number of carbonyl (C=O) groups is 6. The number of phenols is 1. The summed E-state index contributed by atoms with van der Waals surface area (Å²) in [6.45, 7) is 1.57. The molecule has 318 valence electrons. The quantitative estimate of drug-likeness (QED) is 0.122. The SMILES string of the molecule is CC(O)C1NC(=O)C(N)CC(O)C(C)NC(=O)C2C(O)CCN2C(=O)C(C(O)CCN)NC(=O)C(C(O)C(O)c2ccc(O)cc2)NC(=O)C2CC(O)CN2C1=O. The van der Waals surface area contributed by atoms with E-state index in [1.54, 1.807) is 0 Å². The highest BCUT2D eigenvalue weighted by Crippen LogP contribution is 2.26. The highest BCUT2D eigenvalue weighted by molar-refractivity contribution is 5.98. The molecule has 6 amide bonds. The first-order chi connectivity index (χ1) is 26.8. The van der Waals surface area contributed by atoms with E-state index in [0.29, 0.717) is 0 Å². The number of fused-ring (bicyclic) bond motifs is 2. The molecule has 0 bridgehead atoms. The van der Waals surface area contributed by atoms with Gasteiger partial charge in [0.15, 0.2) is 0 Å². The van der Waals surface area contributed by atoms with Gasteiger partial charge in [0.1, 0.15) is 48.2 Å². The molecular weight excluding hydrogens is 756 g/mol. The van der Waals surface area contributed by atoms with Gasteiger partial charge in [0, 0.05) is 19.5 Å². The van der Waals surface area contributed by atoms with Gasteiger partial charge in [-0.1, -0.05) is 12.1 Å². The summed E-state index contributed by atoms with van der Waals surface area (Å²) < 4.78 is 0. The molecule has 4 rings (SSSR count). The third-order valence-electron chi connectivity index (χ3n) is 10.5. The van der Waals surface area contributed by atoms with Gasteiger partial charge in [-0.3, -0.25) is 28.8 Å². The normalized spacial score (nSPS) is 33.5. The molecule has 3 fully saturated rings. The maximum Gasteiger partial charge on any atom is 0.248 e. The zero-order valence-electron chi connectivity index (χ0n) is 31.4. The lowest BCUT2D eigenvalue weighted by atomic mass is 9.96. The molecule has 22 nitrogen and oxygen atoms in total. The van der Waals surface area contributed by atoms with Crippen LogP contribution in [0.25, 0.3) is 0 Å². The molecule has 14 unspecified atom stereocenters. The highest BCUT2D eigenvalue weighted by Gasteiger charge is 2.48. The number of nitrogens with two attached hydrogens (primary N) is 2. The van der Waals surface area contributed by atoms with Crippen LogP contribution in [0, 0.1) is 0 Å². The summed E-state index contributed by atoms with van der Waals surface area (Å²) in [5.74, 6) is -6.85. The van der Waals surface area contributed by atoms with Crippen LogP contribution < -0.4 is 32.7 Å². The summed E-state index contributed by atoms with van der Waals surface area (Å²) in [5.41, 5.74) is 11.6. The number of amides is 6. The smallest absolute Gasteiger partial charge is 0.248 e. The average Bonchev–Trinajstić information content (AvgIpc) is 3.75. The number of benzene rings is 1. The number of nitrogens with zero attached hydrogens (tertiary/aromatic N) is 2. The molecule has 0 aliphatic carbocycles. The lowest BCUT2D eigenvalue weighted by Gasteiger charge is -2.34. The summed E-state index contributed by atoms with van der Waals surface area (Å²) in [7, 11) is 0. The van der Waals surface area contributed by atoms with Crippen molar-refractivity contribution in [3.05, 3.63) is 29.8 Å². The number of aromatic hydroxyl groups is 1. The van der Waals surface area contributed by atoms with Crippen LogP contribution in [0.15, 0.2) is 24.3 Å². The maximum atomic E-state index is 14.2. The van der Waals surface area contributed by atoms with Crippen molar-refractivity contribution in [2.45, 2.75) is 125 Å². The monoisotopic (exact) mass is 810 g/mol. The number of hydrogen-bond acceptors (Lipinski definition) is 16. The fraction of sp³-hybridized carbons (Fsp3) is 0.657. The van der Waals surface area contributed by atoms with E-state index in [9.17, 15) is 69.6 Å². The predicted molar refractivity (Wildman–Crippen MR) is 195 cm³/mol. The highest BCUT2D eigenvalue weighted by atomic mass is 16.3. The van der Waals surface area contributed by atoms with Gasteiger partial charge in [0.05, 0.1) is 42.6 Å². The van der Waals surface area contributed by atoms with Gasteiger partial charge in [0.25, 0.3) is 0 Å². The third kappa shape index (κ3) is 10.5. The lowest BCUT2D eigenvalue weighted by molar-refractivity contribution is -0.148. The van der Waals surface area contributed by atoms with Crippen molar-refractivity contribution in [3.63, 3.8) is 0 Å². The molecule has 14 atom stereocenters. The standard InChI is InChI=1S/C35H54N8O14/c1-14-23(49)12-19(37)30(52)39-24(15(2)44)34(56)43-13-18(46)11-20(43)31(53)41-26(29(51)28(50)16-3-5-17(45)6-4-16)32(54)40-25(21(47)7-9-36)35(57)42-10-8-22(48)27(42)33(55)38-14/h3-6,14-15,18-29,44-51H,7-13,36-37H2,1-2H3,(H,38,55)(H,39,52)(H,40,54)(H,41,53). The Kier molecular flexibility index (Phi) is 15.3. The average molecular weight is 811 g/mol. The maximum absolute atomic E-state index is 14.2. The third-order valence-corrected chi connectivity index (χ3v) is 10.5. The van der Waals surface area contributed by atoms with E-state index in [1.807, 2.05) is 0 Å². The second-order valence-corrected chi connectivity index (χ2v) is 14.8. The van der Waals surface area contributed by atoms with Crippen LogP contribution in [-0.2, 0) is 28.8 Å². The molecule has 1 aromatic rings. The zero-order chi connectivity index (χ0) is 42.5. The summed E-state index contributed by atoms with van der Waals surface area (Å²) in [4.78, 5) is 84.6. The van der Waals surface area contributed by atoms with Crippen molar-refractivity contribution < 1.29 is 69.6 Å². The first-order valence-corrected chi connectivity index (χ1v) is 18.6. The minimum absolute atomic E-state index is 0.0402. The first-order valence-electron chi connectivity index (χ1n) is 18.6. The van der Waals surface area contributed by atoms with Gasteiger partial charge in [-0.05, 0) is 57.4 Å². The fourth-order valence-electron chi connectivity index (χ4n) is 7.14. The molecule has 3 aliphatic heterocycles. The largest absolute Gasteiger partial charge is 0.508 e. The zero-order valence-corrected chi connectivity index (χ0v) is 31.4. The molecule has 0 radical (unpaired) electrons. The predicted octanol–water partition coefficient (Wildman–Crippen LogP) is -7.15. The summed E-state index contributed by atoms with van der Waals surface area (Å²) >= 11 is 0. The summed E-state index contributed by atoms with van der Waals surface area (Å²) in [6, 6.07) is -6.98.